The highest BCUT2D eigenvalue weighted by Gasteiger charge is 2.43. The molecule has 0 aliphatic carbocycles. The number of amides is 2. The van der Waals surface area contributed by atoms with Gasteiger partial charge in [-0.15, -0.1) is 5.06 Å². The molecule has 0 radical (unpaired) electrons. The van der Waals surface area contributed by atoms with Crippen LogP contribution < -0.4 is 0 Å². The van der Waals surface area contributed by atoms with Crippen LogP contribution in [0.4, 0.5) is 0 Å². The number of carbonyl (C=O) groups excluding carboxylic acids is 3. The number of pyridine rings is 1. The van der Waals surface area contributed by atoms with Crippen molar-refractivity contribution in [3.63, 3.8) is 0 Å². The standard InChI is InChI=1S/C20H28N2O4S2/c1-12-8-13(2)16(21-10-12)27-28-20(6,7)11-19(4,5)18(25)26-22-15(23)9-14(3)17(22)24/h8,10,14H,9,11H2,1-7H3. The van der Waals surface area contributed by atoms with Gasteiger partial charge in [0.2, 0.25) is 0 Å². The minimum atomic E-state index is -0.862. The Morgan fingerprint density at radius 3 is 2.46 bits per heavy atom. The predicted molar refractivity (Wildman–Crippen MR) is 111 cm³/mol. The molecule has 1 unspecified atom stereocenters. The zero-order chi connectivity index (χ0) is 21.3. The molecule has 0 saturated carbocycles. The van der Waals surface area contributed by atoms with Crippen molar-refractivity contribution in [2.24, 2.45) is 11.3 Å². The summed E-state index contributed by atoms with van der Waals surface area (Å²) < 4.78 is -0.265. The molecule has 2 rings (SSSR count). The fraction of sp³-hybridized carbons (Fsp3) is 0.600. The van der Waals surface area contributed by atoms with E-state index in [-0.39, 0.29) is 11.2 Å². The van der Waals surface area contributed by atoms with Crippen LogP contribution in [0.2, 0.25) is 0 Å². The molecule has 1 aromatic rings. The molecule has 1 aromatic heterocycles. The van der Waals surface area contributed by atoms with Crippen molar-refractivity contribution in [2.75, 3.05) is 0 Å². The molecule has 0 aromatic carbocycles. The summed E-state index contributed by atoms with van der Waals surface area (Å²) in [4.78, 5) is 46.2. The molecule has 0 bridgehead atoms. The van der Waals surface area contributed by atoms with Gasteiger partial charge in [-0.3, -0.25) is 9.59 Å². The van der Waals surface area contributed by atoms with E-state index < -0.39 is 29.1 Å². The van der Waals surface area contributed by atoms with Crippen LogP contribution in [0.15, 0.2) is 17.3 Å². The van der Waals surface area contributed by atoms with E-state index in [1.54, 1.807) is 42.4 Å². The Morgan fingerprint density at radius 1 is 1.29 bits per heavy atom. The number of rotatable bonds is 7. The van der Waals surface area contributed by atoms with Crippen molar-refractivity contribution in [1.29, 1.82) is 0 Å². The molecule has 1 atom stereocenters. The van der Waals surface area contributed by atoms with Crippen LogP contribution in [0, 0.1) is 25.2 Å². The Morgan fingerprint density at radius 2 is 1.93 bits per heavy atom. The van der Waals surface area contributed by atoms with Crippen molar-refractivity contribution in [3.05, 3.63) is 23.4 Å². The van der Waals surface area contributed by atoms with Crippen LogP contribution in [0.5, 0.6) is 0 Å². The summed E-state index contributed by atoms with van der Waals surface area (Å²) >= 11 is 0. The number of nitrogens with zero attached hydrogens (tertiary/aromatic N) is 2. The van der Waals surface area contributed by atoms with Crippen LogP contribution >= 0.6 is 21.6 Å². The smallest absolute Gasteiger partial charge is 0.330 e. The summed E-state index contributed by atoms with van der Waals surface area (Å²) in [6.07, 6.45) is 2.43. The van der Waals surface area contributed by atoms with Gasteiger partial charge in [0.15, 0.2) is 0 Å². The molecule has 1 aliphatic rings. The Hall–Kier alpha value is -1.54. The molecule has 154 valence electrons. The number of aryl methyl sites for hydroxylation is 2. The number of carbonyl (C=O) groups is 3. The Bertz CT molecular complexity index is 792. The van der Waals surface area contributed by atoms with Gasteiger partial charge in [-0.05, 0) is 69.9 Å². The number of hydrogen-bond donors (Lipinski definition) is 0. The molecule has 2 heterocycles. The summed E-state index contributed by atoms with van der Waals surface area (Å²) in [6.45, 7) is 13.3. The lowest BCUT2D eigenvalue weighted by molar-refractivity contribution is -0.205. The van der Waals surface area contributed by atoms with Gasteiger partial charge in [0.25, 0.3) is 11.8 Å². The molecule has 1 fully saturated rings. The molecule has 0 N–H and O–H groups in total. The van der Waals surface area contributed by atoms with Gasteiger partial charge in [0.05, 0.1) is 5.41 Å². The van der Waals surface area contributed by atoms with Gasteiger partial charge in [-0.2, -0.15) is 0 Å². The van der Waals surface area contributed by atoms with E-state index in [9.17, 15) is 14.4 Å². The van der Waals surface area contributed by atoms with E-state index in [1.807, 2.05) is 20.0 Å². The van der Waals surface area contributed by atoms with Crippen LogP contribution in [0.1, 0.15) is 58.6 Å². The summed E-state index contributed by atoms with van der Waals surface area (Å²) in [7, 11) is 3.22. The highest BCUT2D eigenvalue weighted by molar-refractivity contribution is 8.77. The Kier molecular flexibility index (Phi) is 6.86. The first-order valence-corrected chi connectivity index (χ1v) is 11.4. The first-order chi connectivity index (χ1) is 12.8. The van der Waals surface area contributed by atoms with Gasteiger partial charge in [-0.1, -0.05) is 23.8 Å². The molecule has 6 nitrogen and oxygen atoms in total. The molecule has 1 saturated heterocycles. The lowest BCUT2D eigenvalue weighted by Gasteiger charge is -2.32. The van der Waals surface area contributed by atoms with E-state index in [4.69, 9.17) is 4.84 Å². The summed E-state index contributed by atoms with van der Waals surface area (Å²) in [5.74, 6) is -1.95. The van der Waals surface area contributed by atoms with Gasteiger partial charge in [0, 0.05) is 23.3 Å². The van der Waals surface area contributed by atoms with E-state index in [0.717, 1.165) is 16.2 Å². The molecular formula is C20H28N2O4S2. The minimum absolute atomic E-state index is 0.0768. The van der Waals surface area contributed by atoms with E-state index in [0.29, 0.717) is 11.5 Å². The molecule has 28 heavy (non-hydrogen) atoms. The second-order valence-corrected chi connectivity index (χ2v) is 11.5. The van der Waals surface area contributed by atoms with Crippen molar-refractivity contribution in [1.82, 2.24) is 10.0 Å². The second kappa shape index (κ2) is 8.45. The quantitative estimate of drug-likeness (QED) is 0.471. The lowest BCUT2D eigenvalue weighted by atomic mass is 9.84. The number of aromatic nitrogens is 1. The fourth-order valence-corrected chi connectivity index (χ4v) is 5.79. The van der Waals surface area contributed by atoms with Crippen LogP contribution in [-0.2, 0) is 19.2 Å². The maximum absolute atomic E-state index is 12.7. The normalized spacial score (nSPS) is 18.0. The third-order valence-electron chi connectivity index (χ3n) is 4.44. The average molecular weight is 425 g/mol. The molecule has 0 spiro atoms. The van der Waals surface area contributed by atoms with Gasteiger partial charge >= 0.3 is 5.97 Å². The molecular weight excluding hydrogens is 396 g/mol. The van der Waals surface area contributed by atoms with Crippen molar-refractivity contribution in [2.45, 2.75) is 71.1 Å². The zero-order valence-electron chi connectivity index (χ0n) is 17.5. The van der Waals surface area contributed by atoms with Crippen molar-refractivity contribution >= 4 is 39.4 Å². The third kappa shape index (κ3) is 5.50. The summed E-state index contributed by atoms with van der Waals surface area (Å²) in [5, 5.41) is 1.58. The van der Waals surface area contributed by atoms with E-state index >= 15 is 0 Å². The monoisotopic (exact) mass is 424 g/mol. The maximum Gasteiger partial charge on any atom is 0.338 e. The number of hydrogen-bond acceptors (Lipinski definition) is 7. The fourth-order valence-electron chi connectivity index (χ4n) is 3.17. The van der Waals surface area contributed by atoms with Crippen LogP contribution in [-0.4, -0.2) is 32.6 Å². The predicted octanol–water partition coefficient (Wildman–Crippen LogP) is 4.49. The zero-order valence-corrected chi connectivity index (χ0v) is 19.1. The first-order valence-electron chi connectivity index (χ1n) is 9.20. The van der Waals surface area contributed by atoms with E-state index in [2.05, 4.69) is 24.9 Å². The van der Waals surface area contributed by atoms with Gasteiger partial charge in [0.1, 0.15) is 5.03 Å². The van der Waals surface area contributed by atoms with E-state index in [1.165, 1.54) is 0 Å². The topological polar surface area (TPSA) is 76.6 Å². The summed E-state index contributed by atoms with van der Waals surface area (Å²) in [6, 6.07) is 2.09. The molecule has 8 heteroatoms. The van der Waals surface area contributed by atoms with Crippen molar-refractivity contribution < 1.29 is 19.2 Å². The van der Waals surface area contributed by atoms with Gasteiger partial charge in [-0.25, -0.2) is 9.78 Å². The lowest BCUT2D eigenvalue weighted by Crippen LogP contribution is -2.40. The van der Waals surface area contributed by atoms with Crippen LogP contribution in [0.25, 0.3) is 0 Å². The van der Waals surface area contributed by atoms with Gasteiger partial charge < -0.3 is 4.84 Å². The minimum Gasteiger partial charge on any atom is -0.330 e. The third-order valence-corrected chi connectivity index (χ3v) is 7.78. The summed E-state index contributed by atoms with van der Waals surface area (Å²) in [5.41, 5.74) is 1.38. The maximum atomic E-state index is 12.7. The number of hydroxylamine groups is 2. The Balaban J connectivity index is 1.99. The second-order valence-electron chi connectivity index (χ2n) is 8.63. The molecule has 1 aliphatic heterocycles. The largest absolute Gasteiger partial charge is 0.338 e. The number of imide groups is 1. The molecule has 2 amide bonds. The van der Waals surface area contributed by atoms with Crippen LogP contribution in [0.3, 0.4) is 0 Å². The SMILES string of the molecule is Cc1cnc(SSC(C)(C)CC(C)(C)C(=O)ON2C(=O)CC(C)C2=O)c(C)c1. The Labute approximate surface area is 174 Å². The first kappa shape index (κ1) is 22.7. The highest BCUT2D eigenvalue weighted by Crippen LogP contribution is 2.46. The average Bonchev–Trinajstić information content (AvgIpc) is 2.79. The highest BCUT2D eigenvalue weighted by atomic mass is 33.1. The van der Waals surface area contributed by atoms with Crippen molar-refractivity contribution in [3.8, 4) is 0 Å².